The van der Waals surface area contributed by atoms with E-state index in [1.54, 1.807) is 6.92 Å². The minimum Gasteiger partial charge on any atom is -0.322 e. The van der Waals surface area contributed by atoms with Crippen molar-refractivity contribution < 1.29 is 17.6 Å². The highest BCUT2D eigenvalue weighted by Gasteiger charge is 2.18. The van der Waals surface area contributed by atoms with E-state index in [0.717, 1.165) is 0 Å². The number of halogens is 2. The first kappa shape index (κ1) is 17.4. The molecule has 8 heteroatoms. The first-order chi connectivity index (χ1) is 10.7. The third-order valence-corrected chi connectivity index (χ3v) is 4.94. The number of anilines is 1. The van der Waals surface area contributed by atoms with Gasteiger partial charge in [0.25, 0.3) is 5.91 Å². The van der Waals surface area contributed by atoms with Gasteiger partial charge in [-0.3, -0.25) is 4.79 Å². The van der Waals surface area contributed by atoms with Gasteiger partial charge in [0.2, 0.25) is 10.0 Å². The number of sulfonamides is 1. The third-order valence-electron chi connectivity index (χ3n) is 3.20. The van der Waals surface area contributed by atoms with E-state index in [9.17, 15) is 17.6 Å². The number of carbonyl (C=O) groups excluding carboxylic acids is 1. The number of carbonyl (C=O) groups is 1. The average Bonchev–Trinajstić information content (AvgIpc) is 2.50. The lowest BCUT2D eigenvalue weighted by atomic mass is 10.1. The molecular formula is C15H14ClFN2O3S. The molecule has 0 bridgehead atoms. The fourth-order valence-corrected chi connectivity index (χ4v) is 2.88. The zero-order chi connectivity index (χ0) is 17.2. The Hall–Kier alpha value is -1.96. The topological polar surface area (TPSA) is 75.3 Å². The molecule has 0 radical (unpaired) electrons. The summed E-state index contributed by atoms with van der Waals surface area (Å²) < 4.78 is 38.9. The molecule has 23 heavy (non-hydrogen) atoms. The van der Waals surface area contributed by atoms with Crippen molar-refractivity contribution in [1.29, 1.82) is 0 Å². The summed E-state index contributed by atoms with van der Waals surface area (Å²) in [7, 11) is -2.43. The van der Waals surface area contributed by atoms with Gasteiger partial charge in [0.1, 0.15) is 5.82 Å². The van der Waals surface area contributed by atoms with Crippen LogP contribution in [0, 0.1) is 12.7 Å². The lowest BCUT2D eigenvalue weighted by Gasteiger charge is -2.11. The van der Waals surface area contributed by atoms with Crippen LogP contribution in [0.25, 0.3) is 0 Å². The minimum atomic E-state index is -3.70. The van der Waals surface area contributed by atoms with Crippen LogP contribution in [-0.4, -0.2) is 21.4 Å². The number of rotatable bonds is 4. The van der Waals surface area contributed by atoms with Crippen molar-refractivity contribution in [3.05, 3.63) is 58.4 Å². The fourth-order valence-electron chi connectivity index (χ4n) is 1.92. The molecule has 0 aliphatic heterocycles. The van der Waals surface area contributed by atoms with Crippen molar-refractivity contribution in [2.75, 3.05) is 12.4 Å². The van der Waals surface area contributed by atoms with Crippen LogP contribution in [0.15, 0.2) is 41.3 Å². The molecule has 5 nitrogen and oxygen atoms in total. The summed E-state index contributed by atoms with van der Waals surface area (Å²) in [6, 6.07) is 7.73. The van der Waals surface area contributed by atoms with E-state index in [2.05, 4.69) is 10.0 Å². The Morgan fingerprint density at radius 3 is 2.48 bits per heavy atom. The number of nitrogens with one attached hydrogen (secondary N) is 2. The van der Waals surface area contributed by atoms with Crippen LogP contribution < -0.4 is 10.0 Å². The molecular weight excluding hydrogens is 343 g/mol. The van der Waals surface area contributed by atoms with Crippen LogP contribution in [0.2, 0.25) is 5.02 Å². The Balaban J connectivity index is 2.37. The van der Waals surface area contributed by atoms with Gasteiger partial charge in [-0.25, -0.2) is 17.5 Å². The van der Waals surface area contributed by atoms with Crippen LogP contribution >= 0.6 is 11.6 Å². The Labute approximate surface area is 138 Å². The lowest BCUT2D eigenvalue weighted by molar-refractivity contribution is 0.102. The van der Waals surface area contributed by atoms with Crippen molar-refractivity contribution in [1.82, 2.24) is 4.72 Å². The van der Waals surface area contributed by atoms with Crippen LogP contribution in [0.5, 0.6) is 0 Å². The summed E-state index contributed by atoms with van der Waals surface area (Å²) in [5, 5.41) is 2.69. The molecule has 0 saturated carbocycles. The van der Waals surface area contributed by atoms with Gasteiger partial charge in [0, 0.05) is 5.69 Å². The normalized spacial score (nSPS) is 11.3. The monoisotopic (exact) mass is 356 g/mol. The molecule has 122 valence electrons. The highest BCUT2D eigenvalue weighted by molar-refractivity contribution is 7.89. The number of aryl methyl sites for hydroxylation is 1. The highest BCUT2D eigenvalue weighted by atomic mass is 35.5. The molecule has 1 amide bonds. The third kappa shape index (κ3) is 3.87. The van der Waals surface area contributed by atoms with E-state index in [4.69, 9.17) is 11.6 Å². The molecule has 0 aliphatic rings. The molecule has 0 spiro atoms. The Morgan fingerprint density at radius 2 is 1.87 bits per heavy atom. The van der Waals surface area contributed by atoms with E-state index in [1.807, 2.05) is 0 Å². The predicted octanol–water partition coefficient (Wildman–Crippen LogP) is 2.95. The quantitative estimate of drug-likeness (QED) is 0.884. The van der Waals surface area contributed by atoms with Gasteiger partial charge in [0.05, 0.1) is 15.5 Å². The summed E-state index contributed by atoms with van der Waals surface area (Å²) in [6.07, 6.45) is 0. The molecule has 2 N–H and O–H groups in total. The maximum atomic E-state index is 13.1. The molecule has 0 aromatic heterocycles. The number of amides is 1. The summed E-state index contributed by atoms with van der Waals surface area (Å²) in [5.41, 5.74) is 0.953. The van der Waals surface area contributed by atoms with Crippen molar-refractivity contribution in [2.24, 2.45) is 0 Å². The molecule has 0 aliphatic carbocycles. The second-order valence-corrected chi connectivity index (χ2v) is 7.06. The molecule has 2 aromatic carbocycles. The van der Waals surface area contributed by atoms with Gasteiger partial charge in [0.15, 0.2) is 0 Å². The summed E-state index contributed by atoms with van der Waals surface area (Å²) in [4.78, 5) is 12.3. The zero-order valence-electron chi connectivity index (χ0n) is 12.4. The van der Waals surface area contributed by atoms with E-state index >= 15 is 0 Å². The predicted molar refractivity (Wildman–Crippen MR) is 86.8 cm³/mol. The van der Waals surface area contributed by atoms with Gasteiger partial charge in [-0.15, -0.1) is 0 Å². The van der Waals surface area contributed by atoms with E-state index < -0.39 is 21.7 Å². The van der Waals surface area contributed by atoms with Crippen LogP contribution in [0.4, 0.5) is 10.1 Å². The van der Waals surface area contributed by atoms with Gasteiger partial charge >= 0.3 is 0 Å². The van der Waals surface area contributed by atoms with Crippen molar-refractivity contribution in [3.63, 3.8) is 0 Å². The summed E-state index contributed by atoms with van der Waals surface area (Å²) in [6.45, 7) is 1.64. The van der Waals surface area contributed by atoms with Crippen LogP contribution in [0.1, 0.15) is 15.9 Å². The molecule has 2 rings (SSSR count). The maximum Gasteiger partial charge on any atom is 0.257 e. The number of hydrogen-bond donors (Lipinski definition) is 2. The first-order valence-corrected chi connectivity index (χ1v) is 8.41. The Kier molecular flexibility index (Phi) is 5.03. The van der Waals surface area contributed by atoms with Crippen LogP contribution in [0.3, 0.4) is 0 Å². The van der Waals surface area contributed by atoms with E-state index in [1.165, 1.54) is 43.4 Å². The second kappa shape index (κ2) is 6.66. The average molecular weight is 357 g/mol. The molecule has 2 aromatic rings. The van der Waals surface area contributed by atoms with Crippen LogP contribution in [-0.2, 0) is 10.0 Å². The molecule has 0 atom stereocenters. The van der Waals surface area contributed by atoms with Crippen molar-refractivity contribution >= 4 is 33.2 Å². The Bertz CT molecular complexity index is 869. The minimum absolute atomic E-state index is 0.00622. The molecule has 0 unspecified atom stereocenters. The number of benzene rings is 2. The molecule has 0 saturated heterocycles. The van der Waals surface area contributed by atoms with Gasteiger partial charge in [-0.05, 0) is 55.9 Å². The highest BCUT2D eigenvalue weighted by Crippen LogP contribution is 2.23. The standard InChI is InChI=1S/C15H14ClFN2O3S/c1-9-7-10(17)3-6-14(9)19-15(20)12-8-11(4-5-13(12)16)23(21,22)18-2/h3-8,18H,1-2H3,(H,19,20). The smallest absolute Gasteiger partial charge is 0.257 e. The largest absolute Gasteiger partial charge is 0.322 e. The summed E-state index contributed by atoms with van der Waals surface area (Å²) >= 11 is 5.98. The molecule has 0 heterocycles. The van der Waals surface area contributed by atoms with Gasteiger partial charge in [-0.1, -0.05) is 11.6 Å². The molecule has 0 fully saturated rings. The van der Waals surface area contributed by atoms with Crippen molar-refractivity contribution in [3.8, 4) is 0 Å². The zero-order valence-corrected chi connectivity index (χ0v) is 13.9. The van der Waals surface area contributed by atoms with Gasteiger partial charge in [-0.2, -0.15) is 0 Å². The SMILES string of the molecule is CNS(=O)(=O)c1ccc(Cl)c(C(=O)Nc2ccc(F)cc2C)c1. The maximum absolute atomic E-state index is 13.1. The van der Waals surface area contributed by atoms with E-state index in [0.29, 0.717) is 11.3 Å². The Morgan fingerprint density at radius 1 is 1.17 bits per heavy atom. The number of hydrogen-bond acceptors (Lipinski definition) is 3. The van der Waals surface area contributed by atoms with Crippen molar-refractivity contribution in [2.45, 2.75) is 11.8 Å². The fraction of sp³-hybridized carbons (Fsp3) is 0.133. The lowest BCUT2D eigenvalue weighted by Crippen LogP contribution is -2.20. The first-order valence-electron chi connectivity index (χ1n) is 6.55. The summed E-state index contributed by atoms with van der Waals surface area (Å²) in [5.74, 6) is -1.00. The van der Waals surface area contributed by atoms with E-state index in [-0.39, 0.29) is 15.5 Å². The second-order valence-electron chi connectivity index (χ2n) is 4.76. The van der Waals surface area contributed by atoms with Gasteiger partial charge < -0.3 is 5.32 Å².